The van der Waals surface area contributed by atoms with Gasteiger partial charge in [0.05, 0.1) is 27.3 Å². The van der Waals surface area contributed by atoms with Crippen molar-refractivity contribution in [1.29, 1.82) is 0 Å². The van der Waals surface area contributed by atoms with E-state index in [2.05, 4.69) is 0 Å². The number of hydrogen-bond donors (Lipinski definition) is 1. The predicted molar refractivity (Wildman–Crippen MR) is 99.5 cm³/mol. The smallest absolute Gasteiger partial charge is 0.376 e. The fourth-order valence-electron chi connectivity index (χ4n) is 2.02. The summed E-state index contributed by atoms with van der Waals surface area (Å²) < 4.78 is 85.8. The predicted octanol–water partition coefficient (Wildman–Crippen LogP) is 3.15. The van der Waals surface area contributed by atoms with Gasteiger partial charge in [0.2, 0.25) is 0 Å². The van der Waals surface area contributed by atoms with Crippen molar-refractivity contribution in [3.63, 3.8) is 0 Å². The molecule has 1 aromatic rings. The normalized spacial score (nSPS) is 15.8. The molecule has 0 aliphatic heterocycles. The first kappa shape index (κ1) is 24.2. The lowest BCUT2D eigenvalue weighted by Crippen LogP contribution is -2.49. The summed E-state index contributed by atoms with van der Waals surface area (Å²) in [6, 6.07) is 3.91. The minimum atomic E-state index is -5.27. The lowest BCUT2D eigenvalue weighted by molar-refractivity contribution is -0.230. The van der Waals surface area contributed by atoms with Crippen LogP contribution in [0.1, 0.15) is 12.0 Å². The minimum Gasteiger partial charge on any atom is -0.376 e. The van der Waals surface area contributed by atoms with E-state index >= 15 is 0 Å². The number of hydrogen-bond acceptors (Lipinski definition) is 5. The summed E-state index contributed by atoms with van der Waals surface area (Å²) in [7, 11) is -7.86. The molecule has 0 saturated heterocycles. The van der Waals surface area contributed by atoms with Crippen molar-refractivity contribution in [2.24, 2.45) is 0 Å². The van der Waals surface area contributed by atoms with E-state index in [1.165, 1.54) is 18.2 Å². The molecular formula is C15H17Cl2F3O5S2. The second-order valence-corrected chi connectivity index (χ2v) is 11.3. The largest absolute Gasteiger partial charge is 0.421 e. The van der Waals surface area contributed by atoms with Crippen LogP contribution in [0.3, 0.4) is 0 Å². The zero-order chi connectivity index (χ0) is 21.1. The van der Waals surface area contributed by atoms with Crippen molar-refractivity contribution in [2.75, 3.05) is 23.5 Å². The van der Waals surface area contributed by atoms with Crippen molar-refractivity contribution in [2.45, 2.75) is 18.2 Å². The molecule has 0 aliphatic rings. The van der Waals surface area contributed by atoms with Gasteiger partial charge in [-0.05, 0) is 30.2 Å². The van der Waals surface area contributed by atoms with Crippen LogP contribution in [0.15, 0.2) is 24.3 Å². The first-order chi connectivity index (χ1) is 12.0. The third kappa shape index (κ3) is 7.98. The number of benzene rings is 1. The van der Waals surface area contributed by atoms with Crippen molar-refractivity contribution in [1.82, 2.24) is 0 Å². The fraction of sp³-hybridized carbons (Fsp3) is 0.467. The molecule has 1 unspecified atom stereocenters. The molecule has 5 nitrogen and oxygen atoms in total. The van der Waals surface area contributed by atoms with Crippen molar-refractivity contribution in [3.8, 4) is 0 Å². The first-order valence-electron chi connectivity index (χ1n) is 7.36. The molecule has 0 amide bonds. The van der Waals surface area contributed by atoms with Gasteiger partial charge in [0.15, 0.2) is 15.4 Å². The van der Waals surface area contributed by atoms with Crippen LogP contribution in [0.5, 0.6) is 0 Å². The Balaban J connectivity index is 3.05. The van der Waals surface area contributed by atoms with Crippen molar-refractivity contribution < 1.29 is 35.1 Å². The molecule has 0 fully saturated rings. The van der Waals surface area contributed by atoms with Gasteiger partial charge in [-0.1, -0.05) is 35.3 Å². The van der Waals surface area contributed by atoms with Gasteiger partial charge in [-0.2, -0.15) is 13.2 Å². The summed E-state index contributed by atoms with van der Waals surface area (Å²) in [6.07, 6.45) is -3.57. The molecule has 154 valence electrons. The maximum atomic E-state index is 13.3. The van der Waals surface area contributed by atoms with E-state index in [0.29, 0.717) is 6.08 Å². The van der Waals surface area contributed by atoms with E-state index < -0.39 is 48.7 Å². The second-order valence-electron chi connectivity index (χ2n) is 6.00. The molecular weight excluding hydrogens is 452 g/mol. The molecule has 0 aromatic heterocycles. The Labute approximate surface area is 165 Å². The van der Waals surface area contributed by atoms with Crippen LogP contribution in [-0.4, -0.2) is 57.2 Å². The Hall–Kier alpha value is -0.810. The Bertz CT molecular complexity index is 912. The van der Waals surface area contributed by atoms with Crippen LogP contribution < -0.4 is 0 Å². The average molecular weight is 469 g/mol. The first-order valence-corrected chi connectivity index (χ1v) is 12.0. The summed E-state index contributed by atoms with van der Waals surface area (Å²) in [5, 5.41) is 10.2. The zero-order valence-corrected chi connectivity index (χ0v) is 17.1. The summed E-state index contributed by atoms with van der Waals surface area (Å²) in [5.74, 6) is -2.93. The summed E-state index contributed by atoms with van der Waals surface area (Å²) in [5.41, 5.74) is -3.48. The van der Waals surface area contributed by atoms with Crippen LogP contribution in [0.4, 0.5) is 13.2 Å². The van der Waals surface area contributed by atoms with Gasteiger partial charge in [-0.25, -0.2) is 16.8 Å². The molecule has 12 heteroatoms. The second kappa shape index (κ2) is 8.69. The minimum absolute atomic E-state index is 0.0720. The van der Waals surface area contributed by atoms with E-state index in [4.69, 9.17) is 23.2 Å². The molecule has 1 N–H and O–H groups in total. The van der Waals surface area contributed by atoms with Crippen LogP contribution in [0, 0.1) is 0 Å². The Kier molecular flexibility index (Phi) is 7.80. The third-order valence-corrected chi connectivity index (χ3v) is 6.96. The molecule has 1 atom stereocenters. The van der Waals surface area contributed by atoms with E-state index in [9.17, 15) is 35.1 Å². The molecule has 27 heavy (non-hydrogen) atoms. The highest BCUT2D eigenvalue weighted by molar-refractivity contribution is 7.92. The summed E-state index contributed by atoms with van der Waals surface area (Å²) in [6.45, 7) is 0. The molecule has 1 aromatic carbocycles. The van der Waals surface area contributed by atoms with Gasteiger partial charge in [0, 0.05) is 6.26 Å². The standard InChI is InChI=1S/C15H17Cl2F3O5S2/c1-26(22,23)7-2-8-27(24,25)10-14(21,15(18,19)20)6-5-11-3-4-12(16)13(17)9-11/h3-6,9,21H,2,7-8,10H2,1H3. The third-order valence-electron chi connectivity index (χ3n) is 3.40. The monoisotopic (exact) mass is 468 g/mol. The highest BCUT2D eigenvalue weighted by atomic mass is 35.5. The van der Waals surface area contributed by atoms with E-state index in [0.717, 1.165) is 12.3 Å². The Morgan fingerprint density at radius 3 is 2.15 bits per heavy atom. The van der Waals surface area contributed by atoms with Gasteiger partial charge in [-0.15, -0.1) is 0 Å². The number of alkyl halides is 3. The van der Waals surface area contributed by atoms with Gasteiger partial charge < -0.3 is 5.11 Å². The molecule has 1 rings (SSSR count). The van der Waals surface area contributed by atoms with Gasteiger partial charge >= 0.3 is 6.18 Å². The van der Waals surface area contributed by atoms with Crippen LogP contribution in [0.25, 0.3) is 6.08 Å². The van der Waals surface area contributed by atoms with E-state index in [1.54, 1.807) is 0 Å². The molecule has 0 spiro atoms. The molecule has 0 radical (unpaired) electrons. The van der Waals surface area contributed by atoms with E-state index in [1.807, 2.05) is 0 Å². The Morgan fingerprint density at radius 1 is 1.07 bits per heavy atom. The van der Waals surface area contributed by atoms with Gasteiger partial charge in [0.25, 0.3) is 0 Å². The van der Waals surface area contributed by atoms with Crippen LogP contribution in [0.2, 0.25) is 10.0 Å². The Morgan fingerprint density at radius 2 is 1.67 bits per heavy atom. The molecule has 0 heterocycles. The highest BCUT2D eigenvalue weighted by Gasteiger charge is 2.54. The fourth-order valence-corrected chi connectivity index (χ4v) is 4.84. The lowest BCUT2D eigenvalue weighted by atomic mass is 10.0. The number of sulfone groups is 2. The highest BCUT2D eigenvalue weighted by Crippen LogP contribution is 2.34. The van der Waals surface area contributed by atoms with Gasteiger partial charge in [0.1, 0.15) is 9.84 Å². The van der Waals surface area contributed by atoms with Crippen LogP contribution in [-0.2, 0) is 19.7 Å². The number of aliphatic hydroxyl groups is 1. The van der Waals surface area contributed by atoms with Crippen molar-refractivity contribution in [3.05, 3.63) is 39.9 Å². The average Bonchev–Trinajstić information content (AvgIpc) is 2.45. The lowest BCUT2D eigenvalue weighted by Gasteiger charge is -2.27. The topological polar surface area (TPSA) is 88.5 Å². The zero-order valence-electron chi connectivity index (χ0n) is 14.0. The van der Waals surface area contributed by atoms with Crippen molar-refractivity contribution >= 4 is 49.0 Å². The number of rotatable bonds is 8. The molecule has 0 bridgehead atoms. The quantitative estimate of drug-likeness (QED) is 0.632. The SMILES string of the molecule is CS(=O)(=O)CCCS(=O)(=O)CC(O)(C=Cc1ccc(Cl)c(Cl)c1)C(F)(F)F. The van der Waals surface area contributed by atoms with Crippen LogP contribution >= 0.6 is 23.2 Å². The molecule has 0 saturated carbocycles. The summed E-state index contributed by atoms with van der Waals surface area (Å²) in [4.78, 5) is 0. The maximum Gasteiger partial charge on any atom is 0.421 e. The maximum absolute atomic E-state index is 13.3. The van der Waals surface area contributed by atoms with E-state index in [-0.39, 0.29) is 22.0 Å². The van der Waals surface area contributed by atoms with Gasteiger partial charge in [-0.3, -0.25) is 0 Å². The summed E-state index contributed by atoms with van der Waals surface area (Å²) >= 11 is 11.5. The number of halogens is 5. The molecule has 0 aliphatic carbocycles.